The Hall–Kier alpha value is -3.39. The van der Waals surface area contributed by atoms with Gasteiger partial charge < -0.3 is 4.90 Å². The number of sulfonamides is 1. The van der Waals surface area contributed by atoms with Crippen molar-refractivity contribution in [2.45, 2.75) is 4.90 Å². The Morgan fingerprint density at radius 1 is 0.643 bits per heavy atom. The summed E-state index contributed by atoms with van der Waals surface area (Å²) in [5, 5.41) is 12.0. The highest BCUT2D eigenvalue weighted by Crippen LogP contribution is 2.23. The molecule has 0 aromatic heterocycles. The molecule has 3 rings (SSSR count). The lowest BCUT2D eigenvalue weighted by atomic mass is 10.3. The topological polar surface area (TPSA) is 86.8 Å². The van der Waals surface area contributed by atoms with Gasteiger partial charge in [0.1, 0.15) is 0 Å². The molecule has 0 heterocycles. The molecule has 7 nitrogen and oxygen atoms in total. The number of azo groups is 1. The van der Waals surface area contributed by atoms with Crippen molar-refractivity contribution in [3.63, 3.8) is 0 Å². The van der Waals surface area contributed by atoms with Crippen molar-refractivity contribution in [1.82, 2.24) is 0 Å². The van der Waals surface area contributed by atoms with Crippen LogP contribution in [-0.2, 0) is 10.0 Å². The van der Waals surface area contributed by atoms with Crippen LogP contribution in [0.5, 0.6) is 0 Å². The minimum atomic E-state index is -3.89. The van der Waals surface area contributed by atoms with E-state index in [4.69, 9.17) is 0 Å². The van der Waals surface area contributed by atoms with Gasteiger partial charge in [0.2, 0.25) is 0 Å². The predicted octanol–water partition coefficient (Wildman–Crippen LogP) is 5.64. The van der Waals surface area contributed by atoms with Crippen molar-refractivity contribution in [2.24, 2.45) is 19.9 Å². The van der Waals surface area contributed by atoms with Gasteiger partial charge in [-0.2, -0.15) is 18.6 Å². The van der Waals surface area contributed by atoms with Gasteiger partial charge in [0.15, 0.2) is 0 Å². The molecule has 0 atom stereocenters. The van der Waals surface area contributed by atoms with Gasteiger partial charge in [-0.3, -0.25) is 0 Å². The molecule has 0 aliphatic rings. The summed E-state index contributed by atoms with van der Waals surface area (Å²) in [6, 6.07) is 22.4. The fraction of sp³-hybridized carbons (Fsp3) is 0.100. The molecule has 0 unspecified atom stereocenters. The summed E-state index contributed by atoms with van der Waals surface area (Å²) < 4.78 is 28.2. The van der Waals surface area contributed by atoms with Crippen molar-refractivity contribution in [3.8, 4) is 0 Å². The fourth-order valence-corrected chi connectivity index (χ4v) is 3.04. The van der Waals surface area contributed by atoms with Crippen molar-refractivity contribution in [2.75, 3.05) is 19.0 Å². The molecule has 3 aromatic rings. The zero-order chi connectivity index (χ0) is 20.0. The maximum absolute atomic E-state index is 12.3. The number of nitrogens with zero attached hydrogens (tertiary/aromatic N) is 5. The second-order valence-corrected chi connectivity index (χ2v) is 7.68. The molecule has 0 saturated heterocycles. The Balaban J connectivity index is 1.72. The van der Waals surface area contributed by atoms with Gasteiger partial charge in [-0.25, -0.2) is 0 Å². The molecule has 8 heteroatoms. The lowest BCUT2D eigenvalue weighted by Gasteiger charge is -2.11. The molecule has 142 valence electrons. The van der Waals surface area contributed by atoms with E-state index in [9.17, 15) is 8.42 Å². The molecular weight excluding hydrogens is 374 g/mol. The quantitative estimate of drug-likeness (QED) is 0.508. The highest BCUT2D eigenvalue weighted by Gasteiger charge is 2.12. The summed E-state index contributed by atoms with van der Waals surface area (Å²) in [5.41, 5.74) is 2.71. The van der Waals surface area contributed by atoms with Crippen molar-refractivity contribution >= 4 is 32.8 Å². The van der Waals surface area contributed by atoms with E-state index in [0.717, 1.165) is 5.69 Å². The minimum Gasteiger partial charge on any atom is -0.378 e. The SMILES string of the molecule is CN(C)c1ccc(N=NS(=O)(=O)c2ccc(N=Nc3ccccc3)cc2)cc1. The summed E-state index contributed by atoms with van der Waals surface area (Å²) in [7, 11) is -0.0518. The van der Waals surface area contributed by atoms with E-state index in [1.165, 1.54) is 12.1 Å². The van der Waals surface area contributed by atoms with Crippen LogP contribution in [0.3, 0.4) is 0 Å². The zero-order valence-corrected chi connectivity index (χ0v) is 16.3. The van der Waals surface area contributed by atoms with E-state index in [1.54, 1.807) is 24.3 Å². The monoisotopic (exact) mass is 393 g/mol. The molecule has 3 aromatic carbocycles. The van der Waals surface area contributed by atoms with Gasteiger partial charge in [0.25, 0.3) is 10.0 Å². The Bertz CT molecular complexity index is 1080. The molecule has 0 bridgehead atoms. The van der Waals surface area contributed by atoms with Gasteiger partial charge in [-0.15, -0.1) is 5.11 Å². The first-order valence-electron chi connectivity index (χ1n) is 8.46. The largest absolute Gasteiger partial charge is 0.378 e. The Kier molecular flexibility index (Phi) is 5.90. The molecule has 0 saturated carbocycles. The Morgan fingerprint density at radius 3 is 1.71 bits per heavy atom. The van der Waals surface area contributed by atoms with E-state index in [0.29, 0.717) is 17.1 Å². The van der Waals surface area contributed by atoms with Crippen molar-refractivity contribution in [1.29, 1.82) is 0 Å². The van der Waals surface area contributed by atoms with E-state index >= 15 is 0 Å². The molecule has 28 heavy (non-hydrogen) atoms. The maximum atomic E-state index is 12.3. The molecule has 0 N–H and O–H groups in total. The second-order valence-electron chi connectivity index (χ2n) is 6.10. The van der Waals surface area contributed by atoms with E-state index in [1.807, 2.05) is 61.5 Å². The van der Waals surface area contributed by atoms with Crippen LogP contribution in [0.4, 0.5) is 22.7 Å². The van der Waals surface area contributed by atoms with Crippen LogP contribution in [0.1, 0.15) is 0 Å². The Labute approximate surface area is 164 Å². The molecule has 0 fully saturated rings. The average molecular weight is 393 g/mol. The summed E-state index contributed by atoms with van der Waals surface area (Å²) in [6.45, 7) is 0. The predicted molar refractivity (Wildman–Crippen MR) is 110 cm³/mol. The minimum absolute atomic E-state index is 0.0415. The van der Waals surface area contributed by atoms with E-state index in [-0.39, 0.29) is 4.90 Å². The fourth-order valence-electron chi connectivity index (χ4n) is 2.26. The van der Waals surface area contributed by atoms with Crippen LogP contribution in [-0.4, -0.2) is 22.5 Å². The summed E-state index contributed by atoms with van der Waals surface area (Å²) in [4.78, 5) is 1.98. The van der Waals surface area contributed by atoms with Gasteiger partial charge in [-0.05, 0) is 60.7 Å². The average Bonchev–Trinajstić information content (AvgIpc) is 2.72. The first-order valence-corrected chi connectivity index (χ1v) is 9.90. The van der Waals surface area contributed by atoms with Crippen LogP contribution in [0, 0.1) is 0 Å². The van der Waals surface area contributed by atoms with Crippen LogP contribution >= 0.6 is 0 Å². The van der Waals surface area contributed by atoms with E-state index < -0.39 is 10.0 Å². The third kappa shape index (κ3) is 5.08. The maximum Gasteiger partial charge on any atom is 0.299 e. The standard InChI is InChI=1S/C20H19N5O2S/c1-25(2)19-12-8-18(9-13-19)23-24-28(26,27)20-14-10-17(11-15-20)22-21-16-6-4-3-5-7-16/h3-15H,1-2H3. The lowest BCUT2D eigenvalue weighted by Crippen LogP contribution is -2.07. The summed E-state index contributed by atoms with van der Waals surface area (Å²) >= 11 is 0. The second kappa shape index (κ2) is 8.53. The first kappa shape index (κ1) is 19.4. The third-order valence-electron chi connectivity index (χ3n) is 3.80. The summed E-state index contributed by atoms with van der Waals surface area (Å²) in [5.74, 6) is 0. The van der Waals surface area contributed by atoms with Crippen LogP contribution < -0.4 is 4.90 Å². The lowest BCUT2D eigenvalue weighted by molar-refractivity contribution is 0.595. The normalized spacial score (nSPS) is 11.9. The molecule has 0 radical (unpaired) electrons. The summed E-state index contributed by atoms with van der Waals surface area (Å²) in [6.07, 6.45) is 0. The van der Waals surface area contributed by atoms with Crippen molar-refractivity contribution < 1.29 is 8.42 Å². The smallest absolute Gasteiger partial charge is 0.299 e. The first-order chi connectivity index (χ1) is 13.4. The number of rotatable bonds is 6. The van der Waals surface area contributed by atoms with Gasteiger partial charge in [0, 0.05) is 19.8 Å². The van der Waals surface area contributed by atoms with Gasteiger partial charge >= 0.3 is 0 Å². The van der Waals surface area contributed by atoms with Crippen LogP contribution in [0.15, 0.2) is 104 Å². The highest BCUT2D eigenvalue weighted by molar-refractivity contribution is 7.90. The van der Waals surface area contributed by atoms with Gasteiger partial charge in [-0.1, -0.05) is 22.7 Å². The van der Waals surface area contributed by atoms with Crippen molar-refractivity contribution in [3.05, 3.63) is 78.9 Å². The number of anilines is 1. The van der Waals surface area contributed by atoms with Crippen LogP contribution in [0.25, 0.3) is 0 Å². The Morgan fingerprint density at radius 2 is 1.14 bits per heavy atom. The van der Waals surface area contributed by atoms with E-state index in [2.05, 4.69) is 19.9 Å². The molecule has 0 spiro atoms. The number of benzene rings is 3. The third-order valence-corrected chi connectivity index (χ3v) is 4.97. The van der Waals surface area contributed by atoms with Crippen LogP contribution in [0.2, 0.25) is 0 Å². The zero-order valence-electron chi connectivity index (χ0n) is 15.5. The van der Waals surface area contributed by atoms with Gasteiger partial charge in [0.05, 0.1) is 22.0 Å². The highest BCUT2D eigenvalue weighted by atomic mass is 32.2. The molecular formula is C20H19N5O2S. The number of hydrogen-bond acceptors (Lipinski definition) is 6. The number of hydrogen-bond donors (Lipinski definition) is 0. The molecule has 0 amide bonds. The molecule has 0 aliphatic heterocycles. The molecule has 0 aliphatic carbocycles.